The molecule has 2 rings (SSSR count). The van der Waals surface area contributed by atoms with E-state index in [0.29, 0.717) is 25.4 Å². The summed E-state index contributed by atoms with van der Waals surface area (Å²) in [6.07, 6.45) is 0.124. The summed E-state index contributed by atoms with van der Waals surface area (Å²) in [5.41, 5.74) is 0.690. The topological polar surface area (TPSA) is 79.5 Å². The lowest BCUT2D eigenvalue weighted by molar-refractivity contribution is -0.127. The van der Waals surface area contributed by atoms with E-state index < -0.39 is 6.04 Å². The first-order valence-electron chi connectivity index (χ1n) is 6.73. The standard InChI is InChI=1S/C14H19N3O3/c1-2-20-11-5-3-10(4-6-11)17-13(18)9-12-14(19)16-8-7-15-12/h3-6,12,15H,2,7-9H2,1H3,(H,16,19)(H,17,18)/t12-/m1/s1. The van der Waals surface area contributed by atoms with Gasteiger partial charge >= 0.3 is 0 Å². The summed E-state index contributed by atoms with van der Waals surface area (Å²) in [6.45, 7) is 3.81. The molecule has 0 bridgehead atoms. The zero-order chi connectivity index (χ0) is 14.4. The average Bonchev–Trinajstić information content (AvgIpc) is 2.44. The van der Waals surface area contributed by atoms with E-state index in [4.69, 9.17) is 4.74 Å². The highest BCUT2D eigenvalue weighted by atomic mass is 16.5. The van der Waals surface area contributed by atoms with Gasteiger partial charge in [-0.05, 0) is 31.2 Å². The Labute approximate surface area is 117 Å². The number of carbonyl (C=O) groups excluding carboxylic acids is 2. The molecule has 1 aromatic carbocycles. The molecule has 108 valence electrons. The molecule has 0 saturated carbocycles. The predicted octanol–water partition coefficient (Wildman–Crippen LogP) is 0.502. The largest absolute Gasteiger partial charge is 0.494 e. The lowest BCUT2D eigenvalue weighted by atomic mass is 10.1. The fourth-order valence-corrected chi connectivity index (χ4v) is 2.01. The van der Waals surface area contributed by atoms with Gasteiger partial charge in [0, 0.05) is 18.8 Å². The lowest BCUT2D eigenvalue weighted by Gasteiger charge is -2.22. The Hall–Kier alpha value is -2.08. The Bertz CT molecular complexity index is 473. The summed E-state index contributed by atoms with van der Waals surface area (Å²) in [6, 6.07) is 6.69. The van der Waals surface area contributed by atoms with E-state index in [1.165, 1.54) is 0 Å². The van der Waals surface area contributed by atoms with Gasteiger partial charge < -0.3 is 20.7 Å². The van der Waals surface area contributed by atoms with Crippen molar-refractivity contribution < 1.29 is 14.3 Å². The van der Waals surface area contributed by atoms with Crippen LogP contribution in [0.5, 0.6) is 5.75 Å². The Kier molecular flexibility index (Phi) is 4.95. The minimum atomic E-state index is -0.452. The number of anilines is 1. The lowest BCUT2D eigenvalue weighted by Crippen LogP contribution is -2.53. The summed E-state index contributed by atoms with van der Waals surface area (Å²) in [5, 5.41) is 8.51. The van der Waals surface area contributed by atoms with Gasteiger partial charge in [0.25, 0.3) is 0 Å². The first-order chi connectivity index (χ1) is 9.69. The molecule has 1 heterocycles. The molecule has 6 heteroatoms. The van der Waals surface area contributed by atoms with Crippen molar-refractivity contribution >= 4 is 17.5 Å². The van der Waals surface area contributed by atoms with Gasteiger partial charge in [0.05, 0.1) is 19.1 Å². The highest BCUT2D eigenvalue weighted by molar-refractivity contribution is 5.95. The van der Waals surface area contributed by atoms with Crippen molar-refractivity contribution in [1.82, 2.24) is 10.6 Å². The molecule has 20 heavy (non-hydrogen) atoms. The maximum atomic E-state index is 11.9. The summed E-state index contributed by atoms with van der Waals surface area (Å²) < 4.78 is 5.33. The third kappa shape index (κ3) is 3.96. The molecular weight excluding hydrogens is 258 g/mol. The Morgan fingerprint density at radius 3 is 2.75 bits per heavy atom. The molecule has 0 unspecified atom stereocenters. The highest BCUT2D eigenvalue weighted by Crippen LogP contribution is 2.15. The molecule has 3 N–H and O–H groups in total. The molecule has 1 fully saturated rings. The summed E-state index contributed by atoms with van der Waals surface area (Å²) in [5.74, 6) is 0.445. The van der Waals surface area contributed by atoms with Crippen molar-refractivity contribution in [3.63, 3.8) is 0 Å². The number of piperazine rings is 1. The molecule has 1 aromatic rings. The van der Waals surface area contributed by atoms with Crippen LogP contribution in [0.1, 0.15) is 13.3 Å². The third-order valence-corrected chi connectivity index (χ3v) is 2.97. The smallest absolute Gasteiger partial charge is 0.237 e. The summed E-state index contributed by atoms with van der Waals surface area (Å²) >= 11 is 0. The third-order valence-electron chi connectivity index (χ3n) is 2.97. The minimum absolute atomic E-state index is 0.124. The number of rotatable bonds is 5. The Balaban J connectivity index is 1.85. The van der Waals surface area contributed by atoms with Gasteiger partial charge in [0.15, 0.2) is 0 Å². The van der Waals surface area contributed by atoms with Crippen LogP contribution in [0.2, 0.25) is 0 Å². The van der Waals surface area contributed by atoms with Crippen LogP contribution in [0.3, 0.4) is 0 Å². The molecule has 6 nitrogen and oxygen atoms in total. The monoisotopic (exact) mass is 277 g/mol. The second-order valence-corrected chi connectivity index (χ2v) is 4.51. The fraction of sp³-hybridized carbons (Fsp3) is 0.429. The van der Waals surface area contributed by atoms with Crippen LogP contribution >= 0.6 is 0 Å². The van der Waals surface area contributed by atoms with Crippen LogP contribution < -0.4 is 20.7 Å². The molecule has 0 aromatic heterocycles. The normalized spacial score (nSPS) is 18.2. The fourth-order valence-electron chi connectivity index (χ4n) is 2.01. The zero-order valence-electron chi connectivity index (χ0n) is 11.4. The number of ether oxygens (including phenoxy) is 1. The van der Waals surface area contributed by atoms with E-state index in [-0.39, 0.29) is 18.2 Å². The minimum Gasteiger partial charge on any atom is -0.494 e. The van der Waals surface area contributed by atoms with E-state index >= 15 is 0 Å². The molecule has 2 amide bonds. The van der Waals surface area contributed by atoms with Crippen molar-refractivity contribution in [1.29, 1.82) is 0 Å². The van der Waals surface area contributed by atoms with E-state index in [2.05, 4.69) is 16.0 Å². The predicted molar refractivity (Wildman–Crippen MR) is 75.7 cm³/mol. The number of amides is 2. The van der Waals surface area contributed by atoms with Gasteiger partial charge in [-0.25, -0.2) is 0 Å². The van der Waals surface area contributed by atoms with Crippen molar-refractivity contribution in [3.8, 4) is 5.75 Å². The number of carbonyl (C=O) groups is 2. The highest BCUT2D eigenvalue weighted by Gasteiger charge is 2.23. The zero-order valence-corrected chi connectivity index (χ0v) is 11.4. The average molecular weight is 277 g/mol. The Morgan fingerprint density at radius 2 is 2.10 bits per heavy atom. The van der Waals surface area contributed by atoms with E-state index in [0.717, 1.165) is 5.75 Å². The van der Waals surface area contributed by atoms with Crippen LogP contribution in [-0.4, -0.2) is 37.6 Å². The number of hydrogen-bond donors (Lipinski definition) is 3. The first kappa shape index (κ1) is 14.3. The van der Waals surface area contributed by atoms with Gasteiger partial charge in [0.2, 0.25) is 11.8 Å². The van der Waals surface area contributed by atoms with Gasteiger partial charge in [-0.2, -0.15) is 0 Å². The SMILES string of the molecule is CCOc1ccc(NC(=O)C[C@H]2NCCNC2=O)cc1. The van der Waals surface area contributed by atoms with Crippen LogP contribution in [0.4, 0.5) is 5.69 Å². The van der Waals surface area contributed by atoms with Gasteiger partial charge in [-0.1, -0.05) is 0 Å². The van der Waals surface area contributed by atoms with Crippen molar-refractivity contribution in [2.75, 3.05) is 25.0 Å². The van der Waals surface area contributed by atoms with Crippen molar-refractivity contribution in [2.45, 2.75) is 19.4 Å². The number of benzene rings is 1. The van der Waals surface area contributed by atoms with Crippen LogP contribution in [-0.2, 0) is 9.59 Å². The van der Waals surface area contributed by atoms with Crippen LogP contribution in [0.25, 0.3) is 0 Å². The van der Waals surface area contributed by atoms with Gasteiger partial charge in [-0.3, -0.25) is 9.59 Å². The Morgan fingerprint density at radius 1 is 1.35 bits per heavy atom. The summed E-state index contributed by atoms with van der Waals surface area (Å²) in [4.78, 5) is 23.4. The molecule has 0 radical (unpaired) electrons. The summed E-state index contributed by atoms with van der Waals surface area (Å²) in [7, 11) is 0. The maximum Gasteiger partial charge on any atom is 0.237 e. The molecule has 0 spiro atoms. The quantitative estimate of drug-likeness (QED) is 0.732. The van der Waals surface area contributed by atoms with Crippen molar-refractivity contribution in [2.24, 2.45) is 0 Å². The second kappa shape index (κ2) is 6.91. The molecule has 1 saturated heterocycles. The molecule has 0 aliphatic carbocycles. The maximum absolute atomic E-state index is 11.9. The van der Waals surface area contributed by atoms with Gasteiger partial charge in [-0.15, -0.1) is 0 Å². The van der Waals surface area contributed by atoms with E-state index in [9.17, 15) is 9.59 Å². The van der Waals surface area contributed by atoms with Crippen LogP contribution in [0, 0.1) is 0 Å². The number of nitrogens with one attached hydrogen (secondary N) is 3. The van der Waals surface area contributed by atoms with E-state index in [1.807, 2.05) is 6.92 Å². The molecule has 1 aliphatic heterocycles. The van der Waals surface area contributed by atoms with Gasteiger partial charge in [0.1, 0.15) is 5.75 Å². The number of hydrogen-bond acceptors (Lipinski definition) is 4. The van der Waals surface area contributed by atoms with Crippen molar-refractivity contribution in [3.05, 3.63) is 24.3 Å². The molecule has 1 atom stereocenters. The molecular formula is C14H19N3O3. The van der Waals surface area contributed by atoms with E-state index in [1.54, 1.807) is 24.3 Å². The van der Waals surface area contributed by atoms with Crippen LogP contribution in [0.15, 0.2) is 24.3 Å². The second-order valence-electron chi connectivity index (χ2n) is 4.51. The molecule has 1 aliphatic rings. The first-order valence-corrected chi connectivity index (χ1v) is 6.73.